The van der Waals surface area contributed by atoms with E-state index in [-0.39, 0.29) is 23.5 Å². The Morgan fingerprint density at radius 1 is 1.36 bits per heavy atom. The van der Waals surface area contributed by atoms with Crippen LogP contribution in [0, 0.1) is 10.1 Å². The van der Waals surface area contributed by atoms with E-state index in [2.05, 4.69) is 20.1 Å². The van der Waals surface area contributed by atoms with Gasteiger partial charge in [-0.1, -0.05) is 31.8 Å². The topological polar surface area (TPSA) is 137 Å². The summed E-state index contributed by atoms with van der Waals surface area (Å²) >= 11 is 0. The van der Waals surface area contributed by atoms with Crippen molar-refractivity contribution in [2.24, 2.45) is 0 Å². The molecule has 0 amide bonds. The highest BCUT2D eigenvalue weighted by molar-refractivity contribution is 5.54. The van der Waals surface area contributed by atoms with Crippen molar-refractivity contribution < 1.29 is 9.45 Å². The van der Waals surface area contributed by atoms with Gasteiger partial charge in [0.15, 0.2) is 5.82 Å². The van der Waals surface area contributed by atoms with Crippen LogP contribution in [0.3, 0.4) is 0 Å². The van der Waals surface area contributed by atoms with Crippen LogP contribution in [-0.2, 0) is 0 Å². The number of anilines is 2. The van der Waals surface area contributed by atoms with E-state index in [1.807, 2.05) is 18.7 Å². The minimum absolute atomic E-state index is 0.139. The third kappa shape index (κ3) is 3.52. The van der Waals surface area contributed by atoms with Crippen molar-refractivity contribution in [1.82, 2.24) is 20.1 Å². The minimum Gasteiger partial charge on any atom is -0.378 e. The second-order valence-electron chi connectivity index (χ2n) is 6.40. The molecule has 0 aromatic carbocycles. The zero-order chi connectivity index (χ0) is 18.0. The fraction of sp³-hybridized carbons (Fsp3) is 0.600. The standard InChI is InChI=1S/C15H21N7O3/c1-9(2)14-19-13(20-25-14)10-6-4-3-5-7-21(10)15-17-8-11(22(23)24)12(16)18-15/h8-10H,3-7H2,1-2H3,(H2,16,17,18). The quantitative estimate of drug-likeness (QED) is 0.653. The average Bonchev–Trinajstić information content (AvgIpc) is 2.93. The normalized spacial score (nSPS) is 18.4. The molecule has 1 atom stereocenters. The van der Waals surface area contributed by atoms with Gasteiger partial charge in [-0.2, -0.15) is 9.97 Å². The fourth-order valence-electron chi connectivity index (χ4n) is 2.89. The number of rotatable bonds is 4. The molecule has 2 aromatic heterocycles. The highest BCUT2D eigenvalue weighted by Gasteiger charge is 2.30. The molecule has 1 aliphatic heterocycles. The van der Waals surface area contributed by atoms with Crippen molar-refractivity contribution >= 4 is 17.5 Å². The van der Waals surface area contributed by atoms with E-state index < -0.39 is 4.92 Å². The van der Waals surface area contributed by atoms with Crippen molar-refractivity contribution in [2.75, 3.05) is 17.2 Å². The van der Waals surface area contributed by atoms with Gasteiger partial charge in [-0.3, -0.25) is 10.1 Å². The summed E-state index contributed by atoms with van der Waals surface area (Å²) in [7, 11) is 0. The highest BCUT2D eigenvalue weighted by Crippen LogP contribution is 2.33. The molecule has 134 valence electrons. The van der Waals surface area contributed by atoms with E-state index >= 15 is 0 Å². The molecule has 10 nitrogen and oxygen atoms in total. The highest BCUT2D eigenvalue weighted by atomic mass is 16.6. The van der Waals surface area contributed by atoms with Gasteiger partial charge in [0.2, 0.25) is 17.7 Å². The summed E-state index contributed by atoms with van der Waals surface area (Å²) in [6.07, 6.45) is 5.04. The minimum atomic E-state index is -0.590. The summed E-state index contributed by atoms with van der Waals surface area (Å²) < 4.78 is 5.34. The van der Waals surface area contributed by atoms with E-state index in [1.165, 1.54) is 0 Å². The molecule has 0 saturated carbocycles. The van der Waals surface area contributed by atoms with Gasteiger partial charge in [-0.25, -0.2) is 4.98 Å². The number of hydrogen-bond acceptors (Lipinski definition) is 9. The molecule has 0 spiro atoms. The van der Waals surface area contributed by atoms with Gasteiger partial charge in [-0.15, -0.1) is 0 Å². The largest absolute Gasteiger partial charge is 0.378 e. The van der Waals surface area contributed by atoms with Crippen molar-refractivity contribution in [1.29, 1.82) is 0 Å². The second-order valence-corrected chi connectivity index (χ2v) is 6.40. The van der Waals surface area contributed by atoms with Crippen LogP contribution in [0.2, 0.25) is 0 Å². The van der Waals surface area contributed by atoms with Crippen molar-refractivity contribution in [3.63, 3.8) is 0 Å². The number of nitro groups is 1. The molecule has 1 unspecified atom stereocenters. The van der Waals surface area contributed by atoms with E-state index in [0.717, 1.165) is 31.9 Å². The summed E-state index contributed by atoms with van der Waals surface area (Å²) in [6.45, 7) is 4.68. The predicted octanol–water partition coefficient (Wildman–Crippen LogP) is 2.60. The summed E-state index contributed by atoms with van der Waals surface area (Å²) in [5.41, 5.74) is 5.43. The van der Waals surface area contributed by atoms with Crippen molar-refractivity contribution in [2.45, 2.75) is 51.5 Å². The zero-order valence-corrected chi connectivity index (χ0v) is 14.3. The van der Waals surface area contributed by atoms with Gasteiger partial charge in [-0.05, 0) is 12.8 Å². The number of nitrogen functional groups attached to an aromatic ring is 1. The lowest BCUT2D eigenvalue weighted by atomic mass is 10.1. The molecule has 2 N–H and O–H groups in total. The Morgan fingerprint density at radius 3 is 2.80 bits per heavy atom. The Labute approximate surface area is 144 Å². The number of aromatic nitrogens is 4. The van der Waals surface area contributed by atoms with Crippen LogP contribution in [0.25, 0.3) is 0 Å². The first-order valence-electron chi connectivity index (χ1n) is 8.34. The molecular formula is C15H21N7O3. The molecule has 1 aliphatic rings. The first-order valence-corrected chi connectivity index (χ1v) is 8.34. The molecular weight excluding hydrogens is 326 g/mol. The predicted molar refractivity (Wildman–Crippen MR) is 90.0 cm³/mol. The molecule has 1 fully saturated rings. The third-order valence-corrected chi connectivity index (χ3v) is 4.24. The first-order chi connectivity index (χ1) is 12.0. The molecule has 10 heteroatoms. The van der Waals surface area contributed by atoms with Crippen LogP contribution < -0.4 is 10.6 Å². The van der Waals surface area contributed by atoms with Crippen LogP contribution in [0.15, 0.2) is 10.7 Å². The number of nitrogens with two attached hydrogens (primary N) is 1. The van der Waals surface area contributed by atoms with E-state index in [4.69, 9.17) is 10.3 Å². The summed E-state index contributed by atoms with van der Waals surface area (Å²) in [5, 5.41) is 15.0. The van der Waals surface area contributed by atoms with Crippen LogP contribution in [0.1, 0.15) is 63.2 Å². The number of hydrogen-bond donors (Lipinski definition) is 1. The van der Waals surface area contributed by atoms with Gasteiger partial charge in [0.25, 0.3) is 0 Å². The molecule has 1 saturated heterocycles. The maximum absolute atomic E-state index is 10.9. The summed E-state index contributed by atoms with van der Waals surface area (Å²) in [4.78, 5) is 25.1. The van der Waals surface area contributed by atoms with E-state index in [9.17, 15) is 10.1 Å². The molecule has 2 aromatic rings. The molecule has 0 bridgehead atoms. The van der Waals surface area contributed by atoms with Gasteiger partial charge < -0.3 is 15.2 Å². The lowest BCUT2D eigenvalue weighted by molar-refractivity contribution is -0.384. The Kier molecular flexibility index (Phi) is 4.77. The second kappa shape index (κ2) is 6.99. The fourth-order valence-corrected chi connectivity index (χ4v) is 2.89. The molecule has 25 heavy (non-hydrogen) atoms. The Bertz CT molecular complexity index is 761. The average molecular weight is 347 g/mol. The van der Waals surface area contributed by atoms with Gasteiger partial charge in [0.05, 0.1) is 11.0 Å². The Morgan fingerprint density at radius 2 is 2.16 bits per heavy atom. The number of nitrogens with zero attached hydrogens (tertiary/aromatic N) is 6. The molecule has 0 radical (unpaired) electrons. The Balaban J connectivity index is 1.95. The monoisotopic (exact) mass is 347 g/mol. The van der Waals surface area contributed by atoms with Gasteiger partial charge >= 0.3 is 5.69 Å². The van der Waals surface area contributed by atoms with E-state index in [0.29, 0.717) is 24.2 Å². The SMILES string of the molecule is CC(C)c1nc(C2CCCCCN2c2ncc([N+](=O)[O-])c(N)n2)no1. The van der Waals surface area contributed by atoms with E-state index in [1.54, 1.807) is 0 Å². The maximum Gasteiger partial charge on any atom is 0.329 e. The van der Waals surface area contributed by atoms with Gasteiger partial charge in [0.1, 0.15) is 6.20 Å². The van der Waals surface area contributed by atoms with Crippen LogP contribution >= 0.6 is 0 Å². The maximum atomic E-state index is 10.9. The van der Waals surface area contributed by atoms with Gasteiger partial charge in [0, 0.05) is 12.5 Å². The van der Waals surface area contributed by atoms with Crippen molar-refractivity contribution in [3.05, 3.63) is 28.0 Å². The molecule has 0 aliphatic carbocycles. The zero-order valence-electron chi connectivity index (χ0n) is 14.3. The lowest BCUT2D eigenvalue weighted by Crippen LogP contribution is -2.31. The summed E-state index contributed by atoms with van der Waals surface area (Å²) in [5.74, 6) is 1.53. The summed E-state index contributed by atoms with van der Waals surface area (Å²) in [6, 6.07) is -0.139. The third-order valence-electron chi connectivity index (χ3n) is 4.24. The van der Waals surface area contributed by atoms with Crippen LogP contribution in [0.4, 0.5) is 17.5 Å². The Hall–Kier alpha value is -2.78. The smallest absolute Gasteiger partial charge is 0.329 e. The van der Waals surface area contributed by atoms with Crippen molar-refractivity contribution in [3.8, 4) is 0 Å². The lowest BCUT2D eigenvalue weighted by Gasteiger charge is -2.27. The van der Waals surface area contributed by atoms with Crippen LogP contribution in [0.5, 0.6) is 0 Å². The molecule has 3 heterocycles. The van der Waals surface area contributed by atoms with Crippen LogP contribution in [-0.4, -0.2) is 31.6 Å². The first kappa shape index (κ1) is 17.1. The molecule has 3 rings (SSSR count).